The number of hydrogen-bond acceptors (Lipinski definition) is 4. The maximum absolute atomic E-state index is 12.6. The van der Waals surface area contributed by atoms with E-state index >= 15 is 0 Å². The lowest BCUT2D eigenvalue weighted by atomic mass is 10.1. The van der Waals surface area contributed by atoms with Gasteiger partial charge in [0.05, 0.1) is 18.5 Å². The monoisotopic (exact) mass is 360 g/mol. The molecule has 2 aromatic rings. The summed E-state index contributed by atoms with van der Waals surface area (Å²) in [5.74, 6) is 0.767. The minimum atomic E-state index is -0.265. The first kappa shape index (κ1) is 18.7. The van der Waals surface area contributed by atoms with Crippen molar-refractivity contribution in [2.75, 3.05) is 38.0 Å². The largest absolute Gasteiger partial charge is 0.493 e. The molecule has 0 unspecified atom stereocenters. The highest BCUT2D eigenvalue weighted by molar-refractivity contribution is 6.31. The van der Waals surface area contributed by atoms with Gasteiger partial charge in [-0.2, -0.15) is 0 Å². The third-order valence-corrected chi connectivity index (χ3v) is 3.71. The minimum Gasteiger partial charge on any atom is -0.493 e. The number of rotatable bonds is 7. The van der Waals surface area contributed by atoms with Crippen LogP contribution in [0.3, 0.4) is 0 Å². The summed E-state index contributed by atoms with van der Waals surface area (Å²) >= 11 is 6.05. The Morgan fingerprint density at radius 3 is 2.64 bits per heavy atom. The summed E-state index contributed by atoms with van der Waals surface area (Å²) < 4.78 is 10.8. The van der Waals surface area contributed by atoms with Gasteiger partial charge in [0.15, 0.2) is 11.5 Å². The standard InChI is InChI=1S/C19H21ClN2O3/c1-5-10-25-17-9-6-13(11-18(17)24-4)19(23)21-15-12-14(20)7-8-16(15)22(2)3/h5-9,11-12H,1,10H2,2-4H3,(H,21,23). The van der Waals surface area contributed by atoms with Crippen molar-refractivity contribution in [3.63, 3.8) is 0 Å². The summed E-state index contributed by atoms with van der Waals surface area (Å²) in [5.41, 5.74) is 1.94. The van der Waals surface area contributed by atoms with Gasteiger partial charge in [-0.25, -0.2) is 0 Å². The molecule has 0 fully saturated rings. The number of anilines is 2. The lowest BCUT2D eigenvalue weighted by Gasteiger charge is -2.18. The van der Waals surface area contributed by atoms with Crippen molar-refractivity contribution in [3.8, 4) is 11.5 Å². The van der Waals surface area contributed by atoms with Crippen LogP contribution in [0.2, 0.25) is 5.02 Å². The highest BCUT2D eigenvalue weighted by Crippen LogP contribution is 2.30. The Bertz CT molecular complexity index is 775. The first-order valence-electron chi connectivity index (χ1n) is 7.66. The summed E-state index contributed by atoms with van der Waals surface area (Å²) in [6.45, 7) is 3.97. The fraction of sp³-hybridized carbons (Fsp3) is 0.211. The molecule has 5 nitrogen and oxygen atoms in total. The third-order valence-electron chi connectivity index (χ3n) is 3.47. The molecule has 0 heterocycles. The molecule has 2 rings (SSSR count). The molecule has 2 aromatic carbocycles. The van der Waals surface area contributed by atoms with Crippen molar-refractivity contribution < 1.29 is 14.3 Å². The molecule has 6 heteroatoms. The predicted octanol–water partition coefficient (Wildman–Crippen LogP) is 4.23. The van der Waals surface area contributed by atoms with E-state index in [-0.39, 0.29) is 5.91 Å². The van der Waals surface area contributed by atoms with Gasteiger partial charge in [-0.05, 0) is 36.4 Å². The van der Waals surface area contributed by atoms with Crippen LogP contribution >= 0.6 is 11.6 Å². The van der Waals surface area contributed by atoms with Gasteiger partial charge < -0.3 is 19.7 Å². The van der Waals surface area contributed by atoms with Crippen molar-refractivity contribution >= 4 is 28.9 Å². The van der Waals surface area contributed by atoms with Crippen molar-refractivity contribution in [1.29, 1.82) is 0 Å². The predicted molar refractivity (Wildman–Crippen MR) is 102 cm³/mol. The second-order valence-corrected chi connectivity index (χ2v) is 5.91. The van der Waals surface area contributed by atoms with Crippen LogP contribution < -0.4 is 19.7 Å². The second kappa shape index (κ2) is 8.44. The number of hydrogen-bond donors (Lipinski definition) is 1. The summed E-state index contributed by atoms with van der Waals surface area (Å²) in [6, 6.07) is 10.4. The average Bonchev–Trinajstić information content (AvgIpc) is 2.59. The smallest absolute Gasteiger partial charge is 0.255 e. The van der Waals surface area contributed by atoms with E-state index in [2.05, 4.69) is 11.9 Å². The van der Waals surface area contributed by atoms with Crippen LogP contribution in [0.15, 0.2) is 49.1 Å². The van der Waals surface area contributed by atoms with E-state index < -0.39 is 0 Å². The molecule has 0 saturated carbocycles. The Balaban J connectivity index is 2.27. The summed E-state index contributed by atoms with van der Waals surface area (Å²) in [4.78, 5) is 14.5. The fourth-order valence-electron chi connectivity index (χ4n) is 2.27. The number of methoxy groups -OCH3 is 1. The van der Waals surface area contributed by atoms with Crippen LogP contribution in [-0.4, -0.2) is 33.7 Å². The van der Waals surface area contributed by atoms with Gasteiger partial charge in [-0.15, -0.1) is 0 Å². The molecule has 0 bridgehead atoms. The Morgan fingerprint density at radius 2 is 2.00 bits per heavy atom. The van der Waals surface area contributed by atoms with Crippen LogP contribution in [0.1, 0.15) is 10.4 Å². The molecule has 1 N–H and O–H groups in total. The average molecular weight is 361 g/mol. The molecule has 25 heavy (non-hydrogen) atoms. The maximum atomic E-state index is 12.6. The van der Waals surface area contributed by atoms with E-state index in [9.17, 15) is 4.79 Å². The molecule has 0 spiro atoms. The van der Waals surface area contributed by atoms with E-state index in [4.69, 9.17) is 21.1 Å². The number of nitrogens with one attached hydrogen (secondary N) is 1. The topological polar surface area (TPSA) is 50.8 Å². The van der Waals surface area contributed by atoms with Crippen molar-refractivity contribution in [1.82, 2.24) is 0 Å². The number of amides is 1. The molecule has 132 valence electrons. The molecular weight excluding hydrogens is 340 g/mol. The molecule has 0 aliphatic heterocycles. The quantitative estimate of drug-likeness (QED) is 0.751. The first-order valence-corrected chi connectivity index (χ1v) is 8.04. The minimum absolute atomic E-state index is 0.265. The Labute approximate surface area is 152 Å². The SMILES string of the molecule is C=CCOc1ccc(C(=O)Nc2cc(Cl)ccc2N(C)C)cc1OC. The van der Waals surface area contributed by atoms with Crippen LogP contribution in [0.25, 0.3) is 0 Å². The van der Waals surface area contributed by atoms with Gasteiger partial charge in [-0.3, -0.25) is 4.79 Å². The number of carbonyl (C=O) groups is 1. The molecule has 0 atom stereocenters. The Kier molecular flexibility index (Phi) is 6.31. The number of ether oxygens (including phenoxy) is 2. The van der Waals surface area contributed by atoms with Crippen molar-refractivity contribution in [3.05, 3.63) is 59.6 Å². The van der Waals surface area contributed by atoms with Gasteiger partial charge in [0.1, 0.15) is 6.61 Å². The lowest BCUT2D eigenvalue weighted by Crippen LogP contribution is -2.17. The molecule has 0 radical (unpaired) electrons. The second-order valence-electron chi connectivity index (χ2n) is 5.48. The zero-order valence-corrected chi connectivity index (χ0v) is 15.3. The molecule has 0 saturated heterocycles. The zero-order valence-electron chi connectivity index (χ0n) is 14.5. The third kappa shape index (κ3) is 4.67. The highest BCUT2D eigenvalue weighted by atomic mass is 35.5. The van der Waals surface area contributed by atoms with E-state index in [0.29, 0.717) is 34.4 Å². The fourth-order valence-corrected chi connectivity index (χ4v) is 2.44. The van der Waals surface area contributed by atoms with Gasteiger partial charge in [-0.1, -0.05) is 24.3 Å². The van der Waals surface area contributed by atoms with E-state index in [1.54, 1.807) is 36.4 Å². The number of halogens is 1. The summed E-state index contributed by atoms with van der Waals surface area (Å²) in [7, 11) is 5.32. The normalized spacial score (nSPS) is 10.1. The molecule has 0 aliphatic carbocycles. The van der Waals surface area contributed by atoms with Gasteiger partial charge in [0, 0.05) is 24.7 Å². The van der Waals surface area contributed by atoms with E-state index in [0.717, 1.165) is 5.69 Å². The first-order chi connectivity index (χ1) is 12.0. The molecular formula is C19H21ClN2O3. The van der Waals surface area contributed by atoms with Crippen molar-refractivity contribution in [2.45, 2.75) is 0 Å². The Morgan fingerprint density at radius 1 is 1.24 bits per heavy atom. The number of nitrogens with zero attached hydrogens (tertiary/aromatic N) is 1. The molecule has 0 aliphatic rings. The van der Waals surface area contributed by atoms with Crippen molar-refractivity contribution in [2.24, 2.45) is 0 Å². The maximum Gasteiger partial charge on any atom is 0.255 e. The molecule has 1 amide bonds. The van der Waals surface area contributed by atoms with E-state index in [1.807, 2.05) is 25.1 Å². The summed E-state index contributed by atoms with van der Waals surface area (Å²) in [5, 5.41) is 3.43. The van der Waals surface area contributed by atoms with Crippen LogP contribution in [0, 0.1) is 0 Å². The Hall–Kier alpha value is -2.66. The van der Waals surface area contributed by atoms with Gasteiger partial charge in [0.2, 0.25) is 0 Å². The number of benzene rings is 2. The summed E-state index contributed by atoms with van der Waals surface area (Å²) in [6.07, 6.45) is 1.64. The van der Waals surface area contributed by atoms with E-state index in [1.165, 1.54) is 7.11 Å². The van der Waals surface area contributed by atoms with Gasteiger partial charge in [0.25, 0.3) is 5.91 Å². The number of carbonyl (C=O) groups excluding carboxylic acids is 1. The van der Waals surface area contributed by atoms with Crippen LogP contribution in [0.5, 0.6) is 11.5 Å². The highest BCUT2D eigenvalue weighted by Gasteiger charge is 2.14. The zero-order chi connectivity index (χ0) is 18.4. The molecule has 0 aromatic heterocycles. The van der Waals surface area contributed by atoms with Crippen LogP contribution in [0.4, 0.5) is 11.4 Å². The van der Waals surface area contributed by atoms with Crippen LogP contribution in [-0.2, 0) is 0 Å². The lowest BCUT2D eigenvalue weighted by molar-refractivity contribution is 0.102. The van der Waals surface area contributed by atoms with Gasteiger partial charge >= 0.3 is 0 Å².